The average molecular weight is 366 g/mol. The summed E-state index contributed by atoms with van der Waals surface area (Å²) in [7, 11) is 0. The van der Waals surface area contributed by atoms with E-state index in [0.717, 1.165) is 11.1 Å². The lowest BCUT2D eigenvalue weighted by atomic mass is 10.0. The lowest BCUT2D eigenvalue weighted by Crippen LogP contribution is -2.34. The van der Waals surface area contributed by atoms with Crippen LogP contribution in [0.4, 0.5) is 0 Å². The first-order valence-electron chi connectivity index (χ1n) is 7.99. The van der Waals surface area contributed by atoms with Gasteiger partial charge in [-0.25, -0.2) is 0 Å². The second-order valence-electron chi connectivity index (χ2n) is 5.72. The van der Waals surface area contributed by atoms with Crippen LogP contribution in [-0.4, -0.2) is 16.9 Å². The molecule has 0 aromatic heterocycles. The van der Waals surface area contributed by atoms with Crippen LogP contribution in [0.1, 0.15) is 22.0 Å². The van der Waals surface area contributed by atoms with Gasteiger partial charge in [0.05, 0.1) is 0 Å². The number of carbonyl (C=O) groups is 2. The molecule has 5 heteroatoms. The van der Waals surface area contributed by atoms with E-state index >= 15 is 0 Å². The van der Waals surface area contributed by atoms with Crippen molar-refractivity contribution in [3.8, 4) is 11.1 Å². The van der Waals surface area contributed by atoms with Gasteiger partial charge in [0.25, 0.3) is 11.8 Å². The molecule has 2 amide bonds. The van der Waals surface area contributed by atoms with E-state index in [9.17, 15) is 14.7 Å². The van der Waals surface area contributed by atoms with E-state index in [2.05, 4.69) is 5.32 Å². The SMILES string of the molecule is O=C(NC(=O)[C@H](O)c1ccccc1)c1ccc(-c2ccc(Cl)cc2)cc1. The molecule has 1 atom stereocenters. The smallest absolute Gasteiger partial charge is 0.260 e. The third-order valence-corrected chi connectivity index (χ3v) is 4.18. The van der Waals surface area contributed by atoms with Gasteiger partial charge in [0.2, 0.25) is 0 Å². The Balaban J connectivity index is 1.68. The molecule has 0 bridgehead atoms. The summed E-state index contributed by atoms with van der Waals surface area (Å²) in [6, 6.07) is 22.6. The summed E-state index contributed by atoms with van der Waals surface area (Å²) in [5.41, 5.74) is 2.65. The molecule has 2 N–H and O–H groups in total. The van der Waals surface area contributed by atoms with Gasteiger partial charge in [0, 0.05) is 10.6 Å². The normalized spacial score (nSPS) is 11.6. The molecule has 0 saturated heterocycles. The number of carbonyl (C=O) groups excluding carboxylic acids is 2. The van der Waals surface area contributed by atoms with E-state index in [0.29, 0.717) is 16.1 Å². The molecular formula is C21H16ClNO3. The fraction of sp³-hybridized carbons (Fsp3) is 0.0476. The van der Waals surface area contributed by atoms with Crippen LogP contribution in [-0.2, 0) is 4.79 Å². The molecule has 0 aliphatic rings. The third-order valence-electron chi connectivity index (χ3n) is 3.93. The fourth-order valence-corrected chi connectivity index (χ4v) is 2.62. The summed E-state index contributed by atoms with van der Waals surface area (Å²) in [5, 5.41) is 12.9. The van der Waals surface area contributed by atoms with Crippen LogP contribution in [0.5, 0.6) is 0 Å². The number of nitrogens with one attached hydrogen (secondary N) is 1. The highest BCUT2D eigenvalue weighted by molar-refractivity contribution is 6.30. The van der Waals surface area contributed by atoms with Crippen LogP contribution in [0.2, 0.25) is 5.02 Å². The van der Waals surface area contributed by atoms with E-state index in [-0.39, 0.29) is 0 Å². The van der Waals surface area contributed by atoms with E-state index in [1.54, 1.807) is 66.7 Å². The highest BCUT2D eigenvalue weighted by Gasteiger charge is 2.20. The molecule has 0 unspecified atom stereocenters. The molecule has 0 aliphatic heterocycles. The molecule has 0 fully saturated rings. The monoisotopic (exact) mass is 365 g/mol. The number of halogens is 1. The Kier molecular flexibility index (Phi) is 5.46. The van der Waals surface area contributed by atoms with Gasteiger partial charge in [0.15, 0.2) is 6.10 Å². The van der Waals surface area contributed by atoms with Crippen LogP contribution in [0.15, 0.2) is 78.9 Å². The number of imide groups is 1. The van der Waals surface area contributed by atoms with E-state index in [1.165, 1.54) is 0 Å². The molecule has 0 heterocycles. The third kappa shape index (κ3) is 4.17. The van der Waals surface area contributed by atoms with Crippen molar-refractivity contribution in [1.82, 2.24) is 5.32 Å². The quantitative estimate of drug-likeness (QED) is 0.734. The zero-order valence-corrected chi connectivity index (χ0v) is 14.5. The number of aliphatic hydroxyl groups is 1. The van der Waals surface area contributed by atoms with Crippen LogP contribution >= 0.6 is 11.6 Å². The van der Waals surface area contributed by atoms with Gasteiger partial charge in [-0.2, -0.15) is 0 Å². The van der Waals surface area contributed by atoms with Gasteiger partial charge in [-0.15, -0.1) is 0 Å². The van der Waals surface area contributed by atoms with Gasteiger partial charge in [-0.05, 0) is 41.0 Å². The van der Waals surface area contributed by atoms with Crippen molar-refractivity contribution in [2.75, 3.05) is 0 Å². The number of benzene rings is 3. The first-order chi connectivity index (χ1) is 12.5. The maximum atomic E-state index is 12.2. The molecule has 4 nitrogen and oxygen atoms in total. The summed E-state index contributed by atoms with van der Waals surface area (Å²) in [6.07, 6.45) is -1.39. The highest BCUT2D eigenvalue weighted by atomic mass is 35.5. The fourth-order valence-electron chi connectivity index (χ4n) is 2.50. The summed E-state index contributed by atoms with van der Waals surface area (Å²) >= 11 is 5.88. The van der Waals surface area contributed by atoms with Crippen LogP contribution in [0, 0.1) is 0 Å². The van der Waals surface area contributed by atoms with Gasteiger partial charge in [0.1, 0.15) is 0 Å². The van der Waals surface area contributed by atoms with Crippen molar-refractivity contribution >= 4 is 23.4 Å². The number of hydrogen-bond donors (Lipinski definition) is 2. The molecule has 3 aromatic rings. The first kappa shape index (κ1) is 17.9. The molecule has 3 aromatic carbocycles. The van der Waals surface area contributed by atoms with E-state index < -0.39 is 17.9 Å². The zero-order chi connectivity index (χ0) is 18.5. The van der Waals surface area contributed by atoms with Crippen molar-refractivity contribution in [3.05, 3.63) is 95.0 Å². The van der Waals surface area contributed by atoms with Crippen LogP contribution < -0.4 is 5.32 Å². The van der Waals surface area contributed by atoms with E-state index in [1.807, 2.05) is 12.1 Å². The minimum Gasteiger partial charge on any atom is -0.378 e. The molecule has 0 saturated carbocycles. The van der Waals surface area contributed by atoms with Crippen molar-refractivity contribution in [2.45, 2.75) is 6.10 Å². The van der Waals surface area contributed by atoms with Crippen LogP contribution in [0.25, 0.3) is 11.1 Å². The summed E-state index contributed by atoms with van der Waals surface area (Å²) in [5.74, 6) is -1.32. The molecule has 26 heavy (non-hydrogen) atoms. The standard InChI is InChI=1S/C21H16ClNO3/c22-18-12-10-15(11-13-18)14-6-8-17(9-7-14)20(25)23-21(26)19(24)16-4-2-1-3-5-16/h1-13,19,24H,(H,23,25,26)/t19-/m1/s1. The highest BCUT2D eigenvalue weighted by Crippen LogP contribution is 2.22. The second-order valence-corrected chi connectivity index (χ2v) is 6.15. The van der Waals surface area contributed by atoms with Gasteiger partial charge >= 0.3 is 0 Å². The first-order valence-corrected chi connectivity index (χ1v) is 8.36. The Bertz CT molecular complexity index is 906. The van der Waals surface area contributed by atoms with Crippen molar-refractivity contribution in [3.63, 3.8) is 0 Å². The molecule has 0 aliphatic carbocycles. The minimum atomic E-state index is -1.39. The molecule has 130 valence electrons. The Hall–Kier alpha value is -2.95. The lowest BCUT2D eigenvalue weighted by molar-refractivity contribution is -0.128. The predicted octanol–water partition coefficient (Wildman–Crippen LogP) is 4.00. The average Bonchev–Trinajstić information content (AvgIpc) is 2.68. The van der Waals surface area contributed by atoms with Crippen molar-refractivity contribution in [2.24, 2.45) is 0 Å². The maximum Gasteiger partial charge on any atom is 0.260 e. The summed E-state index contributed by atoms with van der Waals surface area (Å²) in [6.45, 7) is 0. The zero-order valence-electron chi connectivity index (χ0n) is 13.7. The molecule has 0 spiro atoms. The van der Waals surface area contributed by atoms with Gasteiger partial charge < -0.3 is 5.11 Å². The molecule has 3 rings (SSSR count). The summed E-state index contributed by atoms with van der Waals surface area (Å²) in [4.78, 5) is 24.3. The number of aliphatic hydroxyl groups excluding tert-OH is 1. The minimum absolute atomic E-state index is 0.330. The number of hydrogen-bond acceptors (Lipinski definition) is 3. The topological polar surface area (TPSA) is 66.4 Å². The second kappa shape index (κ2) is 7.95. The van der Waals surface area contributed by atoms with Gasteiger partial charge in [-0.3, -0.25) is 14.9 Å². The molecular weight excluding hydrogens is 350 g/mol. The van der Waals surface area contributed by atoms with Crippen molar-refractivity contribution in [1.29, 1.82) is 0 Å². The summed E-state index contributed by atoms with van der Waals surface area (Å²) < 4.78 is 0. The Morgan fingerprint density at radius 3 is 1.92 bits per heavy atom. The van der Waals surface area contributed by atoms with Crippen LogP contribution in [0.3, 0.4) is 0 Å². The predicted molar refractivity (Wildman–Crippen MR) is 101 cm³/mol. The largest absolute Gasteiger partial charge is 0.378 e. The Labute approximate surface area is 156 Å². The number of amides is 2. The van der Waals surface area contributed by atoms with Gasteiger partial charge in [-0.1, -0.05) is 66.2 Å². The Morgan fingerprint density at radius 2 is 1.35 bits per heavy atom. The lowest BCUT2D eigenvalue weighted by Gasteiger charge is -2.11. The van der Waals surface area contributed by atoms with E-state index in [4.69, 9.17) is 11.6 Å². The number of rotatable bonds is 4. The molecule has 0 radical (unpaired) electrons. The Morgan fingerprint density at radius 1 is 0.808 bits per heavy atom. The maximum absolute atomic E-state index is 12.2. The van der Waals surface area contributed by atoms with Crippen molar-refractivity contribution < 1.29 is 14.7 Å².